The molecule has 2 aliphatic rings. The number of aliphatic hydroxyl groups is 2. The Morgan fingerprint density at radius 2 is 0.961 bits per heavy atom. The molecule has 0 bridgehead atoms. The zero-order valence-electron chi connectivity index (χ0n) is 32.4. The molecule has 8 nitrogen and oxygen atoms in total. The van der Waals surface area contributed by atoms with Crippen molar-refractivity contribution in [2.75, 3.05) is 0 Å². The topological polar surface area (TPSA) is 149 Å². The van der Waals surface area contributed by atoms with Crippen LogP contribution in [0.5, 0.6) is 0 Å². The van der Waals surface area contributed by atoms with Gasteiger partial charge in [-0.3, -0.25) is 9.11 Å². The summed E-state index contributed by atoms with van der Waals surface area (Å²) in [5.74, 6) is 0.806. The van der Waals surface area contributed by atoms with Gasteiger partial charge >= 0.3 is 29.6 Å². The van der Waals surface area contributed by atoms with Gasteiger partial charge in [0.15, 0.2) is 0 Å². The van der Waals surface area contributed by atoms with Gasteiger partial charge in [-0.15, -0.1) is 0 Å². The van der Waals surface area contributed by atoms with Crippen LogP contribution in [-0.4, -0.2) is 46.7 Å². The van der Waals surface area contributed by atoms with Gasteiger partial charge in [-0.2, -0.15) is 16.8 Å². The van der Waals surface area contributed by atoms with Gasteiger partial charge in [0.1, 0.15) is 10.5 Å². The molecule has 11 heteroatoms. The van der Waals surface area contributed by atoms with E-state index >= 15 is 0 Å². The molecule has 0 heterocycles. The van der Waals surface area contributed by atoms with E-state index in [9.17, 15) is 36.2 Å². The van der Waals surface area contributed by atoms with Crippen LogP contribution in [0.2, 0.25) is 0 Å². The average molecular weight is 754 g/mol. The summed E-state index contributed by atoms with van der Waals surface area (Å²) in [6, 6.07) is 0. The molecule has 278 valence electrons. The Labute approximate surface area is 329 Å². The number of rotatable bonds is 13. The van der Waals surface area contributed by atoms with Gasteiger partial charge in [-0.1, -0.05) is 111 Å². The van der Waals surface area contributed by atoms with Crippen LogP contribution in [-0.2, 0) is 20.2 Å². The van der Waals surface area contributed by atoms with Gasteiger partial charge in [0.25, 0.3) is 20.2 Å². The first-order chi connectivity index (χ1) is 22.9. The van der Waals surface area contributed by atoms with E-state index < -0.39 is 30.7 Å². The van der Waals surface area contributed by atoms with E-state index in [0.29, 0.717) is 35.5 Å². The molecule has 2 aliphatic carbocycles. The van der Waals surface area contributed by atoms with Crippen LogP contribution in [0.4, 0.5) is 0 Å². The van der Waals surface area contributed by atoms with Crippen molar-refractivity contribution in [3.63, 3.8) is 0 Å². The third-order valence-electron chi connectivity index (χ3n) is 9.84. The molecule has 0 aliphatic heterocycles. The summed E-state index contributed by atoms with van der Waals surface area (Å²) >= 11 is 0. The largest absolute Gasteiger partial charge is 1.00 e. The molecule has 0 radical (unpaired) electrons. The fraction of sp³-hybridized carbons (Fsp3) is 0.500. The molecule has 0 aromatic carbocycles. The van der Waals surface area contributed by atoms with E-state index in [2.05, 4.69) is 27.7 Å². The molecule has 4 N–H and O–H groups in total. The van der Waals surface area contributed by atoms with Gasteiger partial charge in [0.2, 0.25) is 0 Å². The second-order valence-electron chi connectivity index (χ2n) is 15.2. The second-order valence-corrected chi connectivity index (χ2v) is 18.4. The zero-order valence-corrected chi connectivity index (χ0v) is 36.0. The summed E-state index contributed by atoms with van der Waals surface area (Å²) in [6.45, 7) is 19.5. The fourth-order valence-corrected chi connectivity index (χ4v) is 9.18. The minimum Gasteiger partial charge on any atom is -0.512 e. The Bertz CT molecular complexity index is 1690. The maximum atomic E-state index is 12.5. The number of allylic oxidation sites excluding steroid dienone is 20. The first-order valence-electron chi connectivity index (χ1n) is 17.0. The van der Waals surface area contributed by atoms with Gasteiger partial charge in [-0.25, -0.2) is 0 Å². The Kier molecular flexibility index (Phi) is 17.7. The maximum Gasteiger partial charge on any atom is 1.00 e. The molecule has 0 saturated heterocycles. The van der Waals surface area contributed by atoms with E-state index in [-0.39, 0.29) is 53.2 Å². The fourth-order valence-electron chi connectivity index (χ4n) is 6.43. The Hall–Kier alpha value is -2.18. The van der Waals surface area contributed by atoms with Crippen molar-refractivity contribution in [3.8, 4) is 0 Å². The predicted octanol–water partition coefficient (Wildman–Crippen LogP) is 7.34. The van der Waals surface area contributed by atoms with Crippen LogP contribution in [0.3, 0.4) is 0 Å². The Morgan fingerprint density at radius 1 is 0.647 bits per heavy atom. The van der Waals surface area contributed by atoms with Crippen LogP contribution < -0.4 is 29.6 Å². The van der Waals surface area contributed by atoms with Crippen molar-refractivity contribution in [1.82, 2.24) is 0 Å². The normalized spacial score (nSPS) is 22.7. The first kappa shape index (κ1) is 46.8. The van der Waals surface area contributed by atoms with E-state index in [1.165, 1.54) is 0 Å². The van der Waals surface area contributed by atoms with Crippen molar-refractivity contribution in [2.24, 2.45) is 10.8 Å². The Morgan fingerprint density at radius 3 is 1.25 bits per heavy atom. The minimum absolute atomic E-state index is 0. The molecule has 2 rings (SSSR count). The van der Waals surface area contributed by atoms with E-state index in [4.69, 9.17) is 0 Å². The molecular weight excluding hydrogens is 696 g/mol. The monoisotopic (exact) mass is 753 g/mol. The third-order valence-corrected chi connectivity index (χ3v) is 12.5. The molecule has 0 unspecified atom stereocenters. The van der Waals surface area contributed by atoms with E-state index in [0.717, 1.165) is 46.3 Å². The molecule has 0 aromatic heterocycles. The van der Waals surface area contributed by atoms with Crippen LogP contribution in [0.25, 0.3) is 0 Å². The first-order valence-corrected chi connectivity index (χ1v) is 20.0. The summed E-state index contributed by atoms with van der Waals surface area (Å²) in [7, 11) is -9.74. The van der Waals surface area contributed by atoms with Crippen molar-refractivity contribution in [1.29, 1.82) is 0 Å². The quantitative estimate of drug-likeness (QED) is 0.0868. The van der Waals surface area contributed by atoms with Crippen LogP contribution in [0.1, 0.15) is 108 Å². The number of hydrogen-bond acceptors (Lipinski definition) is 6. The third kappa shape index (κ3) is 14.3. The summed E-state index contributed by atoms with van der Waals surface area (Å²) in [6.07, 6.45) is 20.6. The van der Waals surface area contributed by atoms with Crippen molar-refractivity contribution < 1.29 is 65.7 Å². The van der Waals surface area contributed by atoms with Crippen LogP contribution in [0.15, 0.2) is 117 Å². The van der Waals surface area contributed by atoms with Crippen molar-refractivity contribution in [2.45, 2.75) is 118 Å². The van der Waals surface area contributed by atoms with E-state index in [1.807, 2.05) is 64.2 Å². The summed E-state index contributed by atoms with van der Waals surface area (Å²) in [5.41, 5.74) is 6.53. The van der Waals surface area contributed by atoms with Gasteiger partial charge in [0, 0.05) is 12.8 Å². The summed E-state index contributed by atoms with van der Waals surface area (Å²) in [4.78, 5) is 0. The molecule has 2 atom stereocenters. The average Bonchev–Trinajstić information content (AvgIpc) is 2.97. The molecule has 0 saturated carbocycles. The number of aliphatic hydroxyl groups excluding tert-OH is 2. The van der Waals surface area contributed by atoms with Gasteiger partial charge < -0.3 is 10.2 Å². The molecular formula is C40H58NaO8S2+. The second kappa shape index (κ2) is 19.2. The molecule has 0 amide bonds. The standard InChI is InChI=1S/C40H58O8S2.Na/c1-27(17-19-33-31(5)35(41)21-23-39(33,7)8)13-11-15-29(3)25-37(49(43,44)45)38(50(46,47)48)26-30(4)16-12-14-28(2)18-20-34-32(6)36(42)22-24-40(34,9)10;/h11-20,37-38,41-42H,21-26H2,1-10H3,(H,43,44,45)(H,46,47,48);/q;+1/b13-11+,14-12+,27-17+,28-18+,29-15+,30-16+,33-19-,34-20-;/t37-,38-;/m1./s1. The minimum atomic E-state index is -4.87. The molecule has 0 spiro atoms. The zero-order chi connectivity index (χ0) is 38.2. The molecule has 0 aromatic rings. The molecule has 51 heavy (non-hydrogen) atoms. The van der Waals surface area contributed by atoms with Crippen molar-refractivity contribution >= 4 is 20.2 Å². The maximum absolute atomic E-state index is 12.5. The van der Waals surface area contributed by atoms with Gasteiger partial charge in [0.05, 0.1) is 11.5 Å². The van der Waals surface area contributed by atoms with Gasteiger partial charge in [-0.05, 0) is 100 Å². The van der Waals surface area contributed by atoms with Crippen LogP contribution in [0, 0.1) is 10.8 Å². The van der Waals surface area contributed by atoms with Crippen molar-refractivity contribution in [3.05, 3.63) is 117 Å². The molecule has 0 fully saturated rings. The SMILES string of the molecule is CC1=C(O)CCC(C)(C)\C1=C/C=C(C)/C=C/C=C(\C)C[C@H]([C@@H](C/C(C)=C/C=C/C(C)=C/C=C1/C(C)=C(O)CCC1(C)C)S(=O)(=O)O)S(=O)(=O)O.[Na+]. The summed E-state index contributed by atoms with van der Waals surface area (Å²) in [5, 5.41) is 16.9. The predicted molar refractivity (Wildman–Crippen MR) is 206 cm³/mol. The Balaban J connectivity index is 0.0000130. The van der Waals surface area contributed by atoms with Crippen LogP contribution >= 0.6 is 0 Å². The summed E-state index contributed by atoms with van der Waals surface area (Å²) < 4.78 is 70.1. The smallest absolute Gasteiger partial charge is 0.512 e. The van der Waals surface area contributed by atoms with E-state index in [1.54, 1.807) is 38.2 Å². The number of hydrogen-bond donors (Lipinski definition) is 4.